The molecular formula is C8H5BrF2N2. The van der Waals surface area contributed by atoms with E-state index in [2.05, 4.69) is 20.9 Å². The molecule has 68 valence electrons. The Morgan fingerprint density at radius 3 is 2.69 bits per heavy atom. The maximum atomic E-state index is 12.3. The van der Waals surface area contributed by atoms with Crippen LogP contribution in [0.1, 0.15) is 23.2 Å². The molecule has 0 N–H and O–H groups in total. The van der Waals surface area contributed by atoms with Crippen LogP contribution >= 0.6 is 15.9 Å². The lowest BCUT2D eigenvalue weighted by Crippen LogP contribution is -1.98. The van der Waals surface area contributed by atoms with Crippen molar-refractivity contribution in [2.24, 2.45) is 0 Å². The van der Waals surface area contributed by atoms with Gasteiger partial charge in [-0.2, -0.15) is 5.26 Å². The standard InChI is InChI=1S/C8H5BrF2N2/c1-4-5(2-12)7(8(10)11)13-3-6(4)9/h3,8H,1H3. The smallest absolute Gasteiger partial charge is 0.253 e. The van der Waals surface area contributed by atoms with Crippen LogP contribution < -0.4 is 0 Å². The Labute approximate surface area is 82.3 Å². The van der Waals surface area contributed by atoms with Crippen LogP contribution in [0.25, 0.3) is 0 Å². The number of nitrogens with zero attached hydrogens (tertiary/aromatic N) is 2. The third-order valence-electron chi connectivity index (χ3n) is 1.62. The van der Waals surface area contributed by atoms with Gasteiger partial charge in [0, 0.05) is 10.7 Å². The maximum absolute atomic E-state index is 12.3. The highest BCUT2D eigenvalue weighted by Gasteiger charge is 2.17. The summed E-state index contributed by atoms with van der Waals surface area (Å²) in [7, 11) is 0. The van der Waals surface area contributed by atoms with E-state index in [1.807, 2.05) is 0 Å². The van der Waals surface area contributed by atoms with E-state index < -0.39 is 12.1 Å². The molecule has 1 aromatic rings. The summed E-state index contributed by atoms with van der Waals surface area (Å²) in [5.74, 6) is 0. The molecule has 0 atom stereocenters. The molecule has 1 rings (SSSR count). The van der Waals surface area contributed by atoms with Crippen LogP contribution in [0.5, 0.6) is 0 Å². The summed E-state index contributed by atoms with van der Waals surface area (Å²) in [6.07, 6.45) is -1.43. The number of nitriles is 1. The summed E-state index contributed by atoms with van der Waals surface area (Å²) >= 11 is 3.11. The number of pyridine rings is 1. The van der Waals surface area contributed by atoms with Crippen molar-refractivity contribution in [1.29, 1.82) is 5.26 Å². The van der Waals surface area contributed by atoms with Gasteiger partial charge in [-0.1, -0.05) is 0 Å². The second kappa shape index (κ2) is 3.79. The first kappa shape index (κ1) is 10.1. The third-order valence-corrected chi connectivity index (χ3v) is 2.42. The highest BCUT2D eigenvalue weighted by atomic mass is 79.9. The van der Waals surface area contributed by atoms with E-state index >= 15 is 0 Å². The first-order chi connectivity index (χ1) is 6.07. The Kier molecular flexibility index (Phi) is 2.94. The number of halogens is 3. The first-order valence-corrected chi connectivity index (χ1v) is 4.20. The van der Waals surface area contributed by atoms with E-state index in [9.17, 15) is 8.78 Å². The Hall–Kier alpha value is -1.02. The molecule has 0 aromatic carbocycles. The molecule has 0 spiro atoms. The van der Waals surface area contributed by atoms with Gasteiger partial charge in [0.05, 0.1) is 5.56 Å². The molecule has 0 aliphatic carbocycles. The van der Waals surface area contributed by atoms with Crippen molar-refractivity contribution in [2.45, 2.75) is 13.3 Å². The molecule has 13 heavy (non-hydrogen) atoms. The number of hydrogen-bond acceptors (Lipinski definition) is 2. The zero-order valence-electron chi connectivity index (χ0n) is 6.68. The van der Waals surface area contributed by atoms with Gasteiger partial charge < -0.3 is 0 Å². The van der Waals surface area contributed by atoms with Crippen LogP contribution in [0, 0.1) is 18.3 Å². The quantitative estimate of drug-likeness (QED) is 0.764. The Bertz CT molecular complexity index is 371. The number of hydrogen-bond donors (Lipinski definition) is 0. The molecule has 0 amide bonds. The predicted octanol–water partition coefficient (Wildman–Crippen LogP) is 2.96. The van der Waals surface area contributed by atoms with E-state index in [1.54, 1.807) is 13.0 Å². The largest absolute Gasteiger partial charge is 0.281 e. The van der Waals surface area contributed by atoms with Gasteiger partial charge in [0.25, 0.3) is 6.43 Å². The Morgan fingerprint density at radius 2 is 2.23 bits per heavy atom. The lowest BCUT2D eigenvalue weighted by molar-refractivity contribution is 0.145. The van der Waals surface area contributed by atoms with Gasteiger partial charge in [0.1, 0.15) is 11.8 Å². The van der Waals surface area contributed by atoms with Crippen molar-refractivity contribution < 1.29 is 8.78 Å². The van der Waals surface area contributed by atoms with E-state index in [0.717, 1.165) is 0 Å². The number of rotatable bonds is 1. The topological polar surface area (TPSA) is 36.7 Å². The average molecular weight is 247 g/mol. The van der Waals surface area contributed by atoms with Gasteiger partial charge in [-0.15, -0.1) is 0 Å². The molecule has 1 heterocycles. The van der Waals surface area contributed by atoms with Crippen LogP contribution in [0.15, 0.2) is 10.7 Å². The van der Waals surface area contributed by atoms with Gasteiger partial charge in [-0.3, -0.25) is 4.98 Å². The van der Waals surface area contributed by atoms with Crippen molar-refractivity contribution in [3.05, 3.63) is 27.5 Å². The zero-order valence-corrected chi connectivity index (χ0v) is 8.27. The highest BCUT2D eigenvalue weighted by Crippen LogP contribution is 2.26. The molecule has 0 aliphatic heterocycles. The summed E-state index contributed by atoms with van der Waals surface area (Å²) in [6.45, 7) is 1.59. The van der Waals surface area contributed by atoms with Gasteiger partial charge >= 0.3 is 0 Å². The minimum absolute atomic E-state index is 0.0515. The van der Waals surface area contributed by atoms with Crippen LogP contribution in [-0.2, 0) is 0 Å². The van der Waals surface area contributed by atoms with Gasteiger partial charge in [-0.05, 0) is 28.4 Å². The van der Waals surface area contributed by atoms with Gasteiger partial charge in [-0.25, -0.2) is 8.78 Å². The van der Waals surface area contributed by atoms with Crippen LogP contribution in [0.2, 0.25) is 0 Å². The highest BCUT2D eigenvalue weighted by molar-refractivity contribution is 9.10. The molecular weight excluding hydrogens is 242 g/mol. The minimum Gasteiger partial charge on any atom is -0.253 e. The zero-order chi connectivity index (χ0) is 10.0. The van der Waals surface area contributed by atoms with Crippen LogP contribution in [0.3, 0.4) is 0 Å². The second-order valence-electron chi connectivity index (χ2n) is 2.40. The van der Waals surface area contributed by atoms with Gasteiger partial charge in [0.15, 0.2) is 0 Å². The van der Waals surface area contributed by atoms with Crippen molar-refractivity contribution in [2.75, 3.05) is 0 Å². The minimum atomic E-state index is -2.71. The fourth-order valence-corrected chi connectivity index (χ4v) is 1.21. The molecule has 0 bridgehead atoms. The summed E-state index contributed by atoms with van der Waals surface area (Å²) in [6, 6.07) is 1.71. The van der Waals surface area contributed by atoms with E-state index in [-0.39, 0.29) is 5.56 Å². The number of alkyl halides is 2. The van der Waals surface area contributed by atoms with Crippen LogP contribution in [-0.4, -0.2) is 4.98 Å². The first-order valence-electron chi connectivity index (χ1n) is 3.41. The van der Waals surface area contributed by atoms with E-state index in [1.165, 1.54) is 6.20 Å². The molecule has 1 aromatic heterocycles. The Morgan fingerprint density at radius 1 is 1.62 bits per heavy atom. The van der Waals surface area contributed by atoms with Gasteiger partial charge in [0.2, 0.25) is 0 Å². The molecule has 0 radical (unpaired) electrons. The maximum Gasteiger partial charge on any atom is 0.281 e. The van der Waals surface area contributed by atoms with Crippen molar-refractivity contribution in [3.8, 4) is 6.07 Å². The predicted molar refractivity (Wildman–Crippen MR) is 46.3 cm³/mol. The molecule has 2 nitrogen and oxygen atoms in total. The summed E-state index contributed by atoms with van der Waals surface area (Å²) in [5.41, 5.74) is -0.0135. The lowest BCUT2D eigenvalue weighted by atomic mass is 10.1. The average Bonchev–Trinajstić information content (AvgIpc) is 2.09. The Balaban J connectivity index is 3.41. The van der Waals surface area contributed by atoms with Crippen molar-refractivity contribution >= 4 is 15.9 Å². The van der Waals surface area contributed by atoms with Crippen molar-refractivity contribution in [3.63, 3.8) is 0 Å². The SMILES string of the molecule is Cc1c(Br)cnc(C(F)F)c1C#N. The molecule has 0 unspecified atom stereocenters. The lowest BCUT2D eigenvalue weighted by Gasteiger charge is -2.05. The molecule has 0 aliphatic rings. The molecule has 0 saturated carbocycles. The monoisotopic (exact) mass is 246 g/mol. The second-order valence-corrected chi connectivity index (χ2v) is 3.26. The molecule has 0 fully saturated rings. The summed E-state index contributed by atoms with van der Waals surface area (Å²) in [5, 5.41) is 8.63. The number of aromatic nitrogens is 1. The van der Waals surface area contributed by atoms with E-state index in [4.69, 9.17) is 5.26 Å². The molecule has 0 saturated heterocycles. The van der Waals surface area contributed by atoms with Crippen molar-refractivity contribution in [1.82, 2.24) is 4.98 Å². The fourth-order valence-electron chi connectivity index (χ4n) is 0.906. The fraction of sp³-hybridized carbons (Fsp3) is 0.250. The third kappa shape index (κ3) is 1.83. The summed E-state index contributed by atoms with van der Waals surface area (Å²) in [4.78, 5) is 3.49. The van der Waals surface area contributed by atoms with E-state index in [0.29, 0.717) is 10.0 Å². The molecule has 5 heteroatoms. The summed E-state index contributed by atoms with van der Waals surface area (Å²) < 4.78 is 25.2. The normalized spacial score (nSPS) is 10.2. The van der Waals surface area contributed by atoms with Crippen LogP contribution in [0.4, 0.5) is 8.78 Å².